The average Bonchev–Trinajstić information content (AvgIpc) is 2.55. The Labute approximate surface area is 86.7 Å². The predicted octanol–water partition coefficient (Wildman–Crippen LogP) is 2.24. The normalized spacial score (nSPS) is 18.9. The second-order valence-electron chi connectivity index (χ2n) is 3.41. The Morgan fingerprint density at radius 1 is 1.64 bits per heavy atom. The Balaban J connectivity index is 2.53. The number of nitrogens with one attached hydrogen (secondary N) is 1. The van der Waals surface area contributed by atoms with Crippen molar-refractivity contribution in [1.29, 1.82) is 0 Å². The van der Waals surface area contributed by atoms with Crippen LogP contribution in [0.3, 0.4) is 0 Å². The minimum absolute atomic E-state index is 0.444. The molecule has 2 N–H and O–H groups in total. The number of carboxylic acids is 1. The SMILES string of the molecule is Cc1c(Cl)ccc2c1NCC2C(=O)O. The van der Waals surface area contributed by atoms with E-state index < -0.39 is 11.9 Å². The van der Waals surface area contributed by atoms with Crippen LogP contribution in [0.5, 0.6) is 0 Å². The molecule has 1 atom stereocenters. The molecule has 0 aliphatic carbocycles. The first-order valence-corrected chi connectivity index (χ1v) is 4.74. The maximum Gasteiger partial charge on any atom is 0.312 e. The van der Waals surface area contributed by atoms with E-state index in [2.05, 4.69) is 5.32 Å². The number of hydrogen-bond acceptors (Lipinski definition) is 2. The second-order valence-corrected chi connectivity index (χ2v) is 3.82. The monoisotopic (exact) mass is 211 g/mol. The molecule has 1 aromatic rings. The zero-order chi connectivity index (χ0) is 10.3. The van der Waals surface area contributed by atoms with Gasteiger partial charge in [0.2, 0.25) is 0 Å². The number of hydrogen-bond donors (Lipinski definition) is 2. The van der Waals surface area contributed by atoms with Crippen molar-refractivity contribution in [3.63, 3.8) is 0 Å². The molecule has 1 aliphatic heterocycles. The van der Waals surface area contributed by atoms with Crippen LogP contribution < -0.4 is 5.32 Å². The van der Waals surface area contributed by atoms with Crippen LogP contribution in [-0.4, -0.2) is 17.6 Å². The molecule has 2 rings (SSSR count). The number of halogens is 1. The van der Waals surface area contributed by atoms with Crippen LogP contribution in [0.4, 0.5) is 5.69 Å². The molecular formula is C10H10ClNO2. The summed E-state index contributed by atoms with van der Waals surface area (Å²) in [4.78, 5) is 10.9. The van der Waals surface area contributed by atoms with Gasteiger partial charge in [0.15, 0.2) is 0 Å². The fourth-order valence-corrected chi connectivity index (χ4v) is 1.92. The van der Waals surface area contributed by atoms with E-state index in [9.17, 15) is 4.79 Å². The van der Waals surface area contributed by atoms with Gasteiger partial charge >= 0.3 is 5.97 Å². The topological polar surface area (TPSA) is 49.3 Å². The van der Waals surface area contributed by atoms with Crippen molar-refractivity contribution >= 4 is 23.3 Å². The standard InChI is InChI=1S/C10H10ClNO2/c1-5-8(11)3-2-6-7(10(13)14)4-12-9(5)6/h2-3,7,12H,4H2,1H3,(H,13,14). The largest absolute Gasteiger partial charge is 0.481 e. The molecule has 0 radical (unpaired) electrons. The van der Waals surface area contributed by atoms with E-state index in [4.69, 9.17) is 16.7 Å². The lowest BCUT2D eigenvalue weighted by Gasteiger charge is -2.06. The smallest absolute Gasteiger partial charge is 0.312 e. The van der Waals surface area contributed by atoms with Gasteiger partial charge in [0.05, 0.1) is 0 Å². The van der Waals surface area contributed by atoms with Crippen molar-refractivity contribution < 1.29 is 9.90 Å². The molecule has 0 aromatic heterocycles. The molecule has 0 saturated heterocycles. The van der Waals surface area contributed by atoms with E-state index in [1.807, 2.05) is 6.92 Å². The summed E-state index contributed by atoms with van der Waals surface area (Å²) in [6.07, 6.45) is 0. The highest BCUT2D eigenvalue weighted by Crippen LogP contribution is 2.37. The highest BCUT2D eigenvalue weighted by molar-refractivity contribution is 6.31. The van der Waals surface area contributed by atoms with Gasteiger partial charge in [-0.2, -0.15) is 0 Å². The van der Waals surface area contributed by atoms with E-state index in [-0.39, 0.29) is 0 Å². The molecule has 0 fully saturated rings. The Bertz CT molecular complexity index is 403. The van der Waals surface area contributed by atoms with E-state index in [0.717, 1.165) is 16.8 Å². The first-order valence-electron chi connectivity index (χ1n) is 4.37. The highest BCUT2D eigenvalue weighted by Gasteiger charge is 2.29. The van der Waals surface area contributed by atoms with Gasteiger partial charge in [0.1, 0.15) is 5.92 Å². The summed E-state index contributed by atoms with van der Waals surface area (Å²) in [7, 11) is 0. The van der Waals surface area contributed by atoms with Crippen molar-refractivity contribution in [2.75, 3.05) is 11.9 Å². The van der Waals surface area contributed by atoms with Crippen LogP contribution in [0.2, 0.25) is 5.02 Å². The molecule has 1 heterocycles. The van der Waals surface area contributed by atoms with E-state index >= 15 is 0 Å². The van der Waals surface area contributed by atoms with Crippen molar-refractivity contribution in [2.45, 2.75) is 12.8 Å². The van der Waals surface area contributed by atoms with Crippen molar-refractivity contribution in [3.05, 3.63) is 28.3 Å². The van der Waals surface area contributed by atoms with E-state index in [1.54, 1.807) is 12.1 Å². The fourth-order valence-electron chi connectivity index (χ4n) is 1.77. The van der Waals surface area contributed by atoms with Gasteiger partial charge in [-0.25, -0.2) is 0 Å². The molecule has 1 aliphatic rings. The molecule has 0 spiro atoms. The summed E-state index contributed by atoms with van der Waals surface area (Å²) in [5.74, 6) is -1.24. The zero-order valence-electron chi connectivity index (χ0n) is 7.67. The molecule has 3 nitrogen and oxygen atoms in total. The molecule has 14 heavy (non-hydrogen) atoms. The lowest BCUT2D eigenvalue weighted by atomic mass is 10.00. The molecule has 0 bridgehead atoms. The molecule has 1 aromatic carbocycles. The molecule has 1 unspecified atom stereocenters. The number of aliphatic carboxylic acids is 1. The summed E-state index contributed by atoms with van der Waals surface area (Å²) in [5, 5.41) is 12.7. The predicted molar refractivity (Wildman–Crippen MR) is 55.1 cm³/mol. The maximum atomic E-state index is 10.9. The van der Waals surface area contributed by atoms with Gasteiger partial charge in [-0.1, -0.05) is 17.7 Å². The number of benzene rings is 1. The summed E-state index contributed by atoms with van der Waals surface area (Å²) in [6, 6.07) is 3.53. The van der Waals surface area contributed by atoms with Crippen LogP contribution in [0.25, 0.3) is 0 Å². The van der Waals surface area contributed by atoms with Gasteiger partial charge < -0.3 is 10.4 Å². The van der Waals surface area contributed by atoms with Crippen LogP contribution in [0.1, 0.15) is 17.0 Å². The van der Waals surface area contributed by atoms with Crippen molar-refractivity contribution in [2.24, 2.45) is 0 Å². The third-order valence-electron chi connectivity index (χ3n) is 2.59. The van der Waals surface area contributed by atoms with Crippen LogP contribution >= 0.6 is 11.6 Å². The first kappa shape index (κ1) is 9.34. The summed E-state index contributed by atoms with van der Waals surface area (Å²) >= 11 is 5.93. The number of carboxylic acid groups (broad SMARTS) is 1. The lowest BCUT2D eigenvalue weighted by Crippen LogP contribution is -2.12. The third kappa shape index (κ3) is 1.24. The van der Waals surface area contributed by atoms with Crippen LogP contribution in [0.15, 0.2) is 12.1 Å². The summed E-state index contributed by atoms with van der Waals surface area (Å²) < 4.78 is 0. The number of fused-ring (bicyclic) bond motifs is 1. The zero-order valence-corrected chi connectivity index (χ0v) is 8.43. The molecule has 74 valence electrons. The van der Waals surface area contributed by atoms with Crippen molar-refractivity contribution in [3.8, 4) is 0 Å². The minimum atomic E-state index is -0.794. The quantitative estimate of drug-likeness (QED) is 0.749. The first-order chi connectivity index (χ1) is 6.61. The maximum absolute atomic E-state index is 10.9. The summed E-state index contributed by atoms with van der Waals surface area (Å²) in [6.45, 7) is 2.34. The minimum Gasteiger partial charge on any atom is -0.481 e. The Hall–Kier alpha value is -1.22. The Morgan fingerprint density at radius 3 is 3.00 bits per heavy atom. The molecule has 4 heteroatoms. The number of anilines is 1. The van der Waals surface area contributed by atoms with E-state index in [0.29, 0.717) is 11.6 Å². The van der Waals surface area contributed by atoms with Gasteiger partial charge in [-0.3, -0.25) is 4.79 Å². The Morgan fingerprint density at radius 2 is 2.36 bits per heavy atom. The van der Waals surface area contributed by atoms with Gasteiger partial charge in [-0.05, 0) is 24.1 Å². The van der Waals surface area contributed by atoms with Gasteiger partial charge in [0, 0.05) is 17.3 Å². The molecular weight excluding hydrogens is 202 g/mol. The molecule has 0 saturated carbocycles. The number of carbonyl (C=O) groups is 1. The van der Waals surface area contributed by atoms with Crippen LogP contribution in [-0.2, 0) is 4.79 Å². The van der Waals surface area contributed by atoms with Gasteiger partial charge in [-0.15, -0.1) is 0 Å². The van der Waals surface area contributed by atoms with Crippen molar-refractivity contribution in [1.82, 2.24) is 0 Å². The third-order valence-corrected chi connectivity index (χ3v) is 3.00. The molecule has 0 amide bonds. The average molecular weight is 212 g/mol. The summed E-state index contributed by atoms with van der Waals surface area (Å²) in [5.41, 5.74) is 2.64. The number of rotatable bonds is 1. The van der Waals surface area contributed by atoms with Gasteiger partial charge in [0.25, 0.3) is 0 Å². The Kier molecular flexibility index (Phi) is 2.11. The second kappa shape index (κ2) is 3.17. The van der Waals surface area contributed by atoms with Crippen LogP contribution in [0, 0.1) is 6.92 Å². The lowest BCUT2D eigenvalue weighted by molar-refractivity contribution is -0.138. The highest BCUT2D eigenvalue weighted by atomic mass is 35.5. The fraction of sp³-hybridized carbons (Fsp3) is 0.300. The van der Waals surface area contributed by atoms with E-state index in [1.165, 1.54) is 0 Å².